The summed E-state index contributed by atoms with van der Waals surface area (Å²) >= 11 is 0. The highest BCUT2D eigenvalue weighted by Crippen LogP contribution is 2.09. The summed E-state index contributed by atoms with van der Waals surface area (Å²) in [6, 6.07) is 0. The fraction of sp³-hybridized carbons (Fsp3) is 0.133. The minimum absolute atomic E-state index is 0.0950. The smallest absolute Gasteiger partial charge is 0.192 e. The van der Waals surface area contributed by atoms with Crippen LogP contribution >= 0.6 is 0 Å². The molecule has 0 fully saturated rings. The molecule has 1 heteroatoms. The number of ketones is 1. The molecule has 0 unspecified atom stereocenters. The number of hydrogen-bond acceptors (Lipinski definition) is 1. The van der Waals surface area contributed by atoms with Gasteiger partial charge in [-0.2, -0.15) is 0 Å². The van der Waals surface area contributed by atoms with Crippen LogP contribution in [0.2, 0.25) is 0 Å². The van der Waals surface area contributed by atoms with E-state index in [4.69, 9.17) is 0 Å². The fourth-order valence-electron chi connectivity index (χ4n) is 1.02. The maximum Gasteiger partial charge on any atom is 0.192 e. The summed E-state index contributed by atoms with van der Waals surface area (Å²) in [7, 11) is 0. The molecular weight excluding hydrogens is 196 g/mol. The van der Waals surface area contributed by atoms with E-state index in [1.54, 1.807) is 24.3 Å². The number of carbonyl (C=O) groups is 1. The van der Waals surface area contributed by atoms with Crippen molar-refractivity contribution < 1.29 is 4.79 Å². The molecule has 0 rings (SSSR count). The SMILES string of the molecule is C=C/C=C(\C=C)C(=O)/C(C=C)=C/C=C(C)C. The first kappa shape index (κ1) is 14.1. The maximum atomic E-state index is 12.0. The third kappa shape index (κ3) is 4.56. The van der Waals surface area contributed by atoms with Crippen LogP contribution < -0.4 is 0 Å². The van der Waals surface area contributed by atoms with Crippen LogP contribution in [0.3, 0.4) is 0 Å². The molecule has 0 aromatic carbocycles. The lowest BCUT2D eigenvalue weighted by Gasteiger charge is -2.00. The van der Waals surface area contributed by atoms with Gasteiger partial charge < -0.3 is 0 Å². The van der Waals surface area contributed by atoms with Crippen molar-refractivity contribution in [2.45, 2.75) is 13.8 Å². The van der Waals surface area contributed by atoms with Gasteiger partial charge in [-0.05, 0) is 13.8 Å². The molecule has 0 saturated heterocycles. The molecule has 0 atom stereocenters. The van der Waals surface area contributed by atoms with Gasteiger partial charge in [0.1, 0.15) is 0 Å². The van der Waals surface area contributed by atoms with E-state index in [0.717, 1.165) is 5.57 Å². The van der Waals surface area contributed by atoms with E-state index in [1.807, 2.05) is 19.9 Å². The number of Topliss-reactive ketones (excluding diaryl/α,β-unsaturated/α-hetero) is 1. The van der Waals surface area contributed by atoms with E-state index >= 15 is 0 Å². The van der Waals surface area contributed by atoms with Crippen LogP contribution in [-0.2, 0) is 4.79 Å². The minimum atomic E-state index is -0.0950. The van der Waals surface area contributed by atoms with Gasteiger partial charge in [-0.15, -0.1) is 0 Å². The van der Waals surface area contributed by atoms with E-state index in [0.29, 0.717) is 11.1 Å². The number of carbonyl (C=O) groups excluding carboxylic acids is 1. The van der Waals surface area contributed by atoms with Crippen LogP contribution in [0, 0.1) is 0 Å². The number of allylic oxidation sites excluding steroid dienone is 9. The highest BCUT2D eigenvalue weighted by atomic mass is 16.1. The van der Waals surface area contributed by atoms with Crippen LogP contribution in [0.25, 0.3) is 0 Å². The van der Waals surface area contributed by atoms with E-state index < -0.39 is 0 Å². The molecule has 0 radical (unpaired) electrons. The van der Waals surface area contributed by atoms with Crippen molar-refractivity contribution in [3.8, 4) is 0 Å². The monoisotopic (exact) mass is 214 g/mol. The zero-order valence-electron chi connectivity index (χ0n) is 9.99. The summed E-state index contributed by atoms with van der Waals surface area (Å²) in [5.74, 6) is -0.0950. The lowest BCUT2D eigenvalue weighted by atomic mass is 10.0. The quantitative estimate of drug-likeness (QED) is 0.483. The number of rotatable bonds is 6. The molecule has 0 aromatic rings. The first-order valence-corrected chi connectivity index (χ1v) is 5.04. The van der Waals surface area contributed by atoms with Gasteiger partial charge in [0.15, 0.2) is 5.78 Å². The van der Waals surface area contributed by atoms with Gasteiger partial charge in [0.25, 0.3) is 0 Å². The minimum Gasteiger partial charge on any atom is -0.289 e. The molecule has 0 aliphatic heterocycles. The van der Waals surface area contributed by atoms with E-state index in [-0.39, 0.29) is 5.78 Å². The van der Waals surface area contributed by atoms with Crippen molar-refractivity contribution >= 4 is 5.78 Å². The summed E-state index contributed by atoms with van der Waals surface area (Å²) in [4.78, 5) is 12.0. The third-order valence-electron chi connectivity index (χ3n) is 1.86. The second-order valence-corrected chi connectivity index (χ2v) is 3.46. The molecule has 0 aromatic heterocycles. The van der Waals surface area contributed by atoms with Crippen LogP contribution in [-0.4, -0.2) is 5.78 Å². The Labute approximate surface area is 97.9 Å². The average molecular weight is 214 g/mol. The first-order chi connectivity index (χ1) is 7.56. The van der Waals surface area contributed by atoms with Gasteiger partial charge in [0, 0.05) is 11.1 Å². The van der Waals surface area contributed by atoms with Crippen molar-refractivity contribution in [2.75, 3.05) is 0 Å². The van der Waals surface area contributed by atoms with Crippen LogP contribution in [0.5, 0.6) is 0 Å². The molecule has 84 valence electrons. The number of hydrogen-bond donors (Lipinski definition) is 0. The summed E-state index contributed by atoms with van der Waals surface area (Å²) in [6.07, 6.45) is 9.90. The summed E-state index contributed by atoms with van der Waals surface area (Å²) in [5, 5.41) is 0. The molecule has 0 N–H and O–H groups in total. The normalized spacial score (nSPS) is 11.6. The van der Waals surface area contributed by atoms with Crippen molar-refractivity contribution in [3.63, 3.8) is 0 Å². The molecule has 0 aliphatic rings. The van der Waals surface area contributed by atoms with Gasteiger partial charge in [0.05, 0.1) is 0 Å². The van der Waals surface area contributed by atoms with E-state index in [2.05, 4.69) is 19.7 Å². The molecule has 0 bridgehead atoms. The van der Waals surface area contributed by atoms with Crippen LogP contribution in [0.4, 0.5) is 0 Å². The lowest BCUT2D eigenvalue weighted by molar-refractivity contribution is -0.111. The van der Waals surface area contributed by atoms with Crippen molar-refractivity contribution in [2.24, 2.45) is 0 Å². The Balaban J connectivity index is 5.20. The molecule has 16 heavy (non-hydrogen) atoms. The molecule has 0 saturated carbocycles. The molecule has 1 nitrogen and oxygen atoms in total. The summed E-state index contributed by atoms with van der Waals surface area (Å²) in [5.41, 5.74) is 2.19. The lowest BCUT2D eigenvalue weighted by Crippen LogP contribution is -2.02. The standard InChI is InChI=1S/C15H18O/c1-6-9-13(7-2)15(16)14(8-3)11-10-12(4)5/h6-11H,1-3H2,4-5H3/b13-9+,14-11+. The molecular formula is C15H18O. The highest BCUT2D eigenvalue weighted by Gasteiger charge is 2.08. The Hall–Kier alpha value is -1.89. The van der Waals surface area contributed by atoms with E-state index in [9.17, 15) is 4.79 Å². The van der Waals surface area contributed by atoms with Crippen molar-refractivity contribution in [3.05, 3.63) is 72.9 Å². The average Bonchev–Trinajstić information content (AvgIpc) is 2.26. The van der Waals surface area contributed by atoms with Crippen molar-refractivity contribution in [1.29, 1.82) is 0 Å². The van der Waals surface area contributed by atoms with Gasteiger partial charge in [-0.3, -0.25) is 4.79 Å². The zero-order chi connectivity index (χ0) is 12.6. The Morgan fingerprint density at radius 2 is 1.38 bits per heavy atom. The first-order valence-electron chi connectivity index (χ1n) is 5.04. The highest BCUT2D eigenvalue weighted by molar-refractivity contribution is 6.12. The predicted octanol–water partition coefficient (Wildman–Crippen LogP) is 3.93. The maximum absolute atomic E-state index is 12.0. The Bertz CT molecular complexity index is 386. The Morgan fingerprint density at radius 3 is 1.75 bits per heavy atom. The largest absolute Gasteiger partial charge is 0.289 e. The van der Waals surface area contributed by atoms with Crippen LogP contribution in [0.1, 0.15) is 13.8 Å². The van der Waals surface area contributed by atoms with Crippen LogP contribution in [0.15, 0.2) is 72.9 Å². The molecule has 0 amide bonds. The topological polar surface area (TPSA) is 17.1 Å². The second kappa shape index (κ2) is 7.41. The molecule has 0 spiro atoms. The van der Waals surface area contributed by atoms with E-state index in [1.165, 1.54) is 6.08 Å². The predicted molar refractivity (Wildman–Crippen MR) is 71.2 cm³/mol. The molecule has 0 aliphatic carbocycles. The van der Waals surface area contributed by atoms with Crippen molar-refractivity contribution in [1.82, 2.24) is 0 Å². The molecule has 0 heterocycles. The second-order valence-electron chi connectivity index (χ2n) is 3.46. The summed E-state index contributed by atoms with van der Waals surface area (Å²) < 4.78 is 0. The van der Waals surface area contributed by atoms with Gasteiger partial charge >= 0.3 is 0 Å². The fourth-order valence-corrected chi connectivity index (χ4v) is 1.02. The van der Waals surface area contributed by atoms with Gasteiger partial charge in [-0.25, -0.2) is 0 Å². The third-order valence-corrected chi connectivity index (χ3v) is 1.86. The van der Waals surface area contributed by atoms with Gasteiger partial charge in [-0.1, -0.05) is 61.8 Å². The Morgan fingerprint density at radius 1 is 0.875 bits per heavy atom. The summed E-state index contributed by atoms with van der Waals surface area (Å²) in [6.45, 7) is 14.7. The Kier molecular flexibility index (Phi) is 6.53. The van der Waals surface area contributed by atoms with Gasteiger partial charge in [0.2, 0.25) is 0 Å². The zero-order valence-corrected chi connectivity index (χ0v) is 9.99.